The van der Waals surface area contributed by atoms with Crippen molar-refractivity contribution in [1.29, 1.82) is 0 Å². The SMILES string of the molecule is CCCCC(=O)NC(=S)Nc1cc(-c2nn3c(CC)nnc3s2)ccc1C. The van der Waals surface area contributed by atoms with E-state index in [0.29, 0.717) is 11.5 Å². The standard InChI is InChI=1S/C18H22N6OS2/c1-4-6-7-15(25)20-17(26)19-13-10-12(9-8-11(13)3)16-23-24-14(5-2)21-22-18(24)27-16/h8-10H,4-7H2,1-3H3,(H2,19,20,25,26). The minimum absolute atomic E-state index is 0.0658. The van der Waals surface area contributed by atoms with Gasteiger partial charge in [-0.3, -0.25) is 4.79 Å². The van der Waals surface area contributed by atoms with Crippen LogP contribution >= 0.6 is 23.6 Å². The summed E-state index contributed by atoms with van der Waals surface area (Å²) in [4.78, 5) is 12.6. The first kappa shape index (κ1) is 19.4. The lowest BCUT2D eigenvalue weighted by atomic mass is 10.1. The fourth-order valence-electron chi connectivity index (χ4n) is 2.56. The predicted molar refractivity (Wildman–Crippen MR) is 112 cm³/mol. The Hall–Kier alpha value is -2.39. The molecule has 0 radical (unpaired) electrons. The predicted octanol–water partition coefficient (Wildman–Crippen LogP) is 3.73. The van der Waals surface area contributed by atoms with Crippen LogP contribution in [0.4, 0.5) is 5.69 Å². The van der Waals surface area contributed by atoms with Crippen molar-refractivity contribution in [3.8, 4) is 10.6 Å². The molecule has 9 heteroatoms. The van der Waals surface area contributed by atoms with E-state index in [9.17, 15) is 4.79 Å². The van der Waals surface area contributed by atoms with E-state index in [2.05, 4.69) is 25.9 Å². The van der Waals surface area contributed by atoms with Crippen molar-refractivity contribution in [2.45, 2.75) is 46.5 Å². The molecule has 0 aliphatic carbocycles. The van der Waals surface area contributed by atoms with E-state index in [1.807, 2.05) is 39.0 Å². The highest BCUT2D eigenvalue weighted by molar-refractivity contribution is 7.80. The fraction of sp³-hybridized carbons (Fsp3) is 0.389. The van der Waals surface area contributed by atoms with Gasteiger partial charge in [-0.05, 0) is 37.2 Å². The number of anilines is 1. The molecule has 0 fully saturated rings. The molecule has 0 saturated carbocycles. The molecule has 27 heavy (non-hydrogen) atoms. The van der Waals surface area contributed by atoms with Crippen LogP contribution in [0.1, 0.15) is 44.5 Å². The minimum atomic E-state index is -0.0658. The van der Waals surface area contributed by atoms with Crippen molar-refractivity contribution in [2.24, 2.45) is 0 Å². The Morgan fingerprint density at radius 1 is 1.30 bits per heavy atom. The van der Waals surface area contributed by atoms with Gasteiger partial charge in [-0.2, -0.15) is 9.61 Å². The lowest BCUT2D eigenvalue weighted by Gasteiger charge is -2.12. The van der Waals surface area contributed by atoms with Gasteiger partial charge in [0.1, 0.15) is 5.01 Å². The molecule has 7 nitrogen and oxygen atoms in total. The summed E-state index contributed by atoms with van der Waals surface area (Å²) in [7, 11) is 0. The van der Waals surface area contributed by atoms with Crippen LogP contribution in [0.3, 0.4) is 0 Å². The van der Waals surface area contributed by atoms with Crippen LogP contribution in [0.2, 0.25) is 0 Å². The normalized spacial score (nSPS) is 10.9. The van der Waals surface area contributed by atoms with Crippen molar-refractivity contribution in [1.82, 2.24) is 25.1 Å². The van der Waals surface area contributed by atoms with Crippen LogP contribution < -0.4 is 10.6 Å². The van der Waals surface area contributed by atoms with E-state index in [-0.39, 0.29) is 5.91 Å². The van der Waals surface area contributed by atoms with Crippen LogP contribution in [0.25, 0.3) is 15.5 Å². The molecule has 3 aromatic rings. The van der Waals surface area contributed by atoms with Crippen LogP contribution in [-0.4, -0.2) is 30.8 Å². The van der Waals surface area contributed by atoms with E-state index < -0.39 is 0 Å². The highest BCUT2D eigenvalue weighted by Gasteiger charge is 2.13. The number of carbonyl (C=O) groups is 1. The van der Waals surface area contributed by atoms with E-state index in [0.717, 1.165) is 51.9 Å². The summed E-state index contributed by atoms with van der Waals surface area (Å²) in [6.07, 6.45) is 3.08. The van der Waals surface area contributed by atoms with Gasteiger partial charge in [-0.25, -0.2) is 0 Å². The Morgan fingerprint density at radius 2 is 2.11 bits per heavy atom. The zero-order valence-electron chi connectivity index (χ0n) is 15.6. The number of aromatic nitrogens is 4. The molecule has 1 amide bonds. The maximum atomic E-state index is 11.8. The van der Waals surface area contributed by atoms with Crippen LogP contribution in [0.15, 0.2) is 18.2 Å². The molecule has 2 aromatic heterocycles. The molecule has 0 aliphatic rings. The summed E-state index contributed by atoms with van der Waals surface area (Å²) in [6.45, 7) is 6.06. The first-order chi connectivity index (χ1) is 13.0. The Morgan fingerprint density at radius 3 is 2.85 bits per heavy atom. The highest BCUT2D eigenvalue weighted by Crippen LogP contribution is 2.29. The average Bonchev–Trinajstić information content (AvgIpc) is 3.22. The quantitative estimate of drug-likeness (QED) is 0.611. The summed E-state index contributed by atoms with van der Waals surface area (Å²) < 4.78 is 1.78. The van der Waals surface area contributed by atoms with Gasteiger partial charge in [0.15, 0.2) is 10.9 Å². The van der Waals surface area contributed by atoms with Crippen molar-refractivity contribution in [3.63, 3.8) is 0 Å². The van der Waals surface area contributed by atoms with Crippen molar-refractivity contribution in [3.05, 3.63) is 29.6 Å². The van der Waals surface area contributed by atoms with Gasteiger partial charge < -0.3 is 10.6 Å². The number of nitrogens with zero attached hydrogens (tertiary/aromatic N) is 4. The van der Waals surface area contributed by atoms with Crippen molar-refractivity contribution < 1.29 is 4.79 Å². The highest BCUT2D eigenvalue weighted by atomic mass is 32.1. The third-order valence-corrected chi connectivity index (χ3v) is 5.27. The number of rotatable bonds is 6. The molecule has 0 aliphatic heterocycles. The molecule has 1 aromatic carbocycles. The number of aryl methyl sites for hydroxylation is 2. The van der Waals surface area contributed by atoms with Gasteiger partial charge in [0.25, 0.3) is 0 Å². The van der Waals surface area contributed by atoms with Gasteiger partial charge in [0, 0.05) is 24.1 Å². The monoisotopic (exact) mass is 402 g/mol. The number of nitrogens with one attached hydrogen (secondary N) is 2. The average molecular weight is 403 g/mol. The summed E-state index contributed by atoms with van der Waals surface area (Å²) in [5, 5.41) is 19.9. The molecule has 142 valence electrons. The molecular weight excluding hydrogens is 380 g/mol. The van der Waals surface area contributed by atoms with Crippen molar-refractivity contribution in [2.75, 3.05) is 5.32 Å². The van der Waals surface area contributed by atoms with E-state index in [4.69, 9.17) is 12.2 Å². The topological polar surface area (TPSA) is 84.2 Å². The third kappa shape index (κ3) is 4.48. The second-order valence-corrected chi connectivity index (χ2v) is 7.57. The van der Waals surface area contributed by atoms with Gasteiger partial charge in [-0.15, -0.1) is 10.2 Å². The lowest BCUT2D eigenvalue weighted by molar-refractivity contribution is -0.119. The van der Waals surface area contributed by atoms with Crippen LogP contribution in [-0.2, 0) is 11.2 Å². The third-order valence-electron chi connectivity index (χ3n) is 4.11. The number of unbranched alkanes of at least 4 members (excludes halogenated alkanes) is 1. The molecule has 2 N–H and O–H groups in total. The van der Waals surface area contributed by atoms with Crippen molar-refractivity contribution >= 4 is 45.2 Å². The Balaban J connectivity index is 1.78. The van der Waals surface area contributed by atoms with E-state index in [1.165, 1.54) is 11.3 Å². The number of benzene rings is 1. The number of thiocarbonyl (C=S) groups is 1. The largest absolute Gasteiger partial charge is 0.332 e. The van der Waals surface area contributed by atoms with E-state index >= 15 is 0 Å². The number of amides is 1. The summed E-state index contributed by atoms with van der Waals surface area (Å²) in [5.74, 6) is 0.776. The number of hydrogen-bond donors (Lipinski definition) is 2. The lowest BCUT2D eigenvalue weighted by Crippen LogP contribution is -2.34. The van der Waals surface area contributed by atoms with Crippen LogP contribution in [0, 0.1) is 6.92 Å². The molecule has 0 bridgehead atoms. The molecule has 0 unspecified atom stereocenters. The molecule has 2 heterocycles. The Bertz CT molecular complexity index is 978. The molecule has 3 rings (SSSR count). The van der Waals surface area contributed by atoms with Crippen LogP contribution in [0.5, 0.6) is 0 Å². The first-order valence-electron chi connectivity index (χ1n) is 8.94. The molecule has 0 atom stereocenters. The first-order valence-corrected chi connectivity index (χ1v) is 10.2. The molecule has 0 spiro atoms. The minimum Gasteiger partial charge on any atom is -0.332 e. The van der Waals surface area contributed by atoms with Gasteiger partial charge in [0.05, 0.1) is 0 Å². The summed E-state index contributed by atoms with van der Waals surface area (Å²) in [6, 6.07) is 6.00. The molecular formula is C18H22N6OS2. The van der Waals surface area contributed by atoms with Gasteiger partial charge in [-0.1, -0.05) is 43.7 Å². The Kier molecular flexibility index (Phi) is 6.12. The number of hydrogen-bond acceptors (Lipinski definition) is 6. The van der Waals surface area contributed by atoms with E-state index in [1.54, 1.807) is 4.52 Å². The fourth-order valence-corrected chi connectivity index (χ4v) is 3.64. The van der Waals surface area contributed by atoms with Gasteiger partial charge >= 0.3 is 0 Å². The molecule has 0 saturated heterocycles. The summed E-state index contributed by atoms with van der Waals surface area (Å²) >= 11 is 6.76. The smallest absolute Gasteiger partial charge is 0.234 e. The number of carbonyl (C=O) groups excluding carboxylic acids is 1. The van der Waals surface area contributed by atoms with Gasteiger partial charge in [0.2, 0.25) is 10.9 Å². The second-order valence-electron chi connectivity index (χ2n) is 6.21. The maximum absolute atomic E-state index is 11.8. The summed E-state index contributed by atoms with van der Waals surface area (Å²) in [5.41, 5.74) is 2.83. The number of fused-ring (bicyclic) bond motifs is 1. The zero-order chi connectivity index (χ0) is 19.4. The second kappa shape index (κ2) is 8.53. The zero-order valence-corrected chi connectivity index (χ0v) is 17.2. The maximum Gasteiger partial charge on any atom is 0.234 e. The Labute approximate surface area is 167 Å².